The molecule has 0 fully saturated rings. The highest BCUT2D eigenvalue weighted by Crippen LogP contribution is 2.29. The molecule has 0 radical (unpaired) electrons. The maximum atomic E-state index is 14.0. The number of benzene rings is 2. The van der Waals surface area contributed by atoms with Crippen molar-refractivity contribution in [3.63, 3.8) is 0 Å². The van der Waals surface area contributed by atoms with E-state index < -0.39 is 53.2 Å². The molecule has 1 heterocycles. The molecule has 15 nitrogen and oxygen atoms in total. The van der Waals surface area contributed by atoms with Crippen molar-refractivity contribution in [3.05, 3.63) is 89.5 Å². The molecular formula is C34H44N10O5. The first-order chi connectivity index (χ1) is 23.5. The minimum absolute atomic E-state index is 0.0829. The van der Waals surface area contributed by atoms with Gasteiger partial charge in [0.05, 0.1) is 6.33 Å². The summed E-state index contributed by atoms with van der Waals surface area (Å²) >= 11 is 0. The third kappa shape index (κ3) is 10.4. The number of guanidine groups is 1. The van der Waals surface area contributed by atoms with Gasteiger partial charge in [-0.25, -0.2) is 4.98 Å². The van der Waals surface area contributed by atoms with Crippen LogP contribution in [0.1, 0.15) is 48.6 Å². The Morgan fingerprint density at radius 1 is 0.857 bits per heavy atom. The van der Waals surface area contributed by atoms with Crippen LogP contribution in [0.25, 0.3) is 0 Å². The molecule has 15 heteroatoms. The van der Waals surface area contributed by atoms with Gasteiger partial charge in [-0.3, -0.25) is 29.0 Å². The van der Waals surface area contributed by atoms with E-state index >= 15 is 0 Å². The number of amides is 5. The molecule has 0 saturated carbocycles. The Balaban J connectivity index is 1.57. The van der Waals surface area contributed by atoms with Crippen molar-refractivity contribution in [2.45, 2.75) is 75.5 Å². The highest BCUT2D eigenvalue weighted by atomic mass is 16.2. The van der Waals surface area contributed by atoms with Gasteiger partial charge in [0.25, 0.3) is 0 Å². The van der Waals surface area contributed by atoms with Gasteiger partial charge in [-0.2, -0.15) is 0 Å². The molecule has 0 bridgehead atoms. The second-order valence-corrected chi connectivity index (χ2v) is 12.2. The van der Waals surface area contributed by atoms with E-state index in [0.29, 0.717) is 18.5 Å². The quantitative estimate of drug-likeness (QED) is 0.0545. The molecule has 0 aliphatic heterocycles. The van der Waals surface area contributed by atoms with Crippen LogP contribution in [0.4, 0.5) is 0 Å². The highest BCUT2D eigenvalue weighted by Gasteiger charge is 2.42. The molecule has 49 heavy (non-hydrogen) atoms. The van der Waals surface area contributed by atoms with Crippen LogP contribution in [0, 0.1) is 0 Å². The summed E-state index contributed by atoms with van der Waals surface area (Å²) in [4.78, 5) is 77.2. The first-order valence-corrected chi connectivity index (χ1v) is 16.1. The second kappa shape index (κ2) is 16.9. The van der Waals surface area contributed by atoms with E-state index in [4.69, 9.17) is 17.2 Å². The van der Waals surface area contributed by atoms with E-state index in [0.717, 1.165) is 16.7 Å². The molecule has 2 aromatic carbocycles. The van der Waals surface area contributed by atoms with Crippen LogP contribution < -0.4 is 38.5 Å². The molecule has 3 aromatic rings. The van der Waals surface area contributed by atoms with E-state index in [1.807, 2.05) is 30.3 Å². The summed E-state index contributed by atoms with van der Waals surface area (Å²) in [7, 11) is 0. The molecule has 0 spiro atoms. The van der Waals surface area contributed by atoms with Crippen molar-refractivity contribution in [3.8, 4) is 0 Å². The fourth-order valence-corrected chi connectivity index (χ4v) is 5.88. The Bertz CT molecular complexity index is 1640. The lowest BCUT2D eigenvalue weighted by Crippen LogP contribution is -2.64. The number of H-pyrrole nitrogens is 1. The Kier molecular flexibility index (Phi) is 12.5. The molecule has 0 saturated heterocycles. The number of imidazole rings is 1. The highest BCUT2D eigenvalue weighted by molar-refractivity contribution is 5.96. The first-order valence-electron chi connectivity index (χ1n) is 16.1. The number of rotatable bonds is 16. The minimum atomic E-state index is -1.37. The number of primary amides is 1. The average Bonchev–Trinajstić information content (AvgIpc) is 3.58. The van der Waals surface area contributed by atoms with Crippen LogP contribution in [0.5, 0.6) is 0 Å². The van der Waals surface area contributed by atoms with Crippen molar-refractivity contribution in [2.24, 2.45) is 22.2 Å². The predicted molar refractivity (Wildman–Crippen MR) is 182 cm³/mol. The summed E-state index contributed by atoms with van der Waals surface area (Å²) in [6.07, 6.45) is 4.61. The lowest BCUT2D eigenvalue weighted by Gasteiger charge is -2.37. The fourth-order valence-electron chi connectivity index (χ4n) is 5.88. The number of aromatic amines is 1. The standard InChI is InChI=1S/C34H44N10O5/c1-21(45)41-28(17-25-19-38-20-40-25)30(47)43-27(16-22-8-3-2-4-9-22)29(46)42-26(12-7-15-39-33(36)37)31(48)44-34(32(35)49)14-13-23-10-5-6-11-24(23)18-34/h2-6,8-11,19-20,26-28H,7,12-18H2,1H3,(H2,35,49)(H,38,40)(H,41,45)(H,42,46)(H,43,47)(H,44,48)(H4,36,37,39)/t26-,27+,28-,34-/m0/s1. The molecule has 4 rings (SSSR count). The molecule has 5 amide bonds. The van der Waals surface area contributed by atoms with E-state index in [9.17, 15) is 24.0 Å². The Hall–Kier alpha value is -5.73. The predicted octanol–water partition coefficient (Wildman–Crippen LogP) is -0.748. The van der Waals surface area contributed by atoms with Gasteiger partial charge >= 0.3 is 0 Å². The van der Waals surface area contributed by atoms with Gasteiger partial charge in [-0.05, 0) is 42.4 Å². The van der Waals surface area contributed by atoms with Crippen molar-refractivity contribution in [2.75, 3.05) is 6.54 Å². The topological polar surface area (TPSA) is 253 Å². The van der Waals surface area contributed by atoms with E-state index in [2.05, 4.69) is 36.2 Å². The third-order valence-electron chi connectivity index (χ3n) is 8.43. The van der Waals surface area contributed by atoms with E-state index in [1.165, 1.54) is 19.4 Å². The molecule has 4 atom stereocenters. The smallest absolute Gasteiger partial charge is 0.243 e. The average molecular weight is 673 g/mol. The number of hydrogen-bond donors (Lipinski definition) is 8. The molecule has 0 unspecified atom stereocenters. The monoisotopic (exact) mass is 672 g/mol. The molecule has 1 aliphatic rings. The van der Waals surface area contributed by atoms with Crippen molar-refractivity contribution >= 4 is 35.5 Å². The maximum absolute atomic E-state index is 14.0. The summed E-state index contributed by atoms with van der Waals surface area (Å²) in [6.45, 7) is 1.48. The zero-order valence-electron chi connectivity index (χ0n) is 27.4. The molecule has 11 N–H and O–H groups in total. The zero-order chi connectivity index (χ0) is 35.4. The summed E-state index contributed by atoms with van der Waals surface area (Å²) in [5, 5.41) is 11.0. The van der Waals surface area contributed by atoms with Gasteiger partial charge in [0.15, 0.2) is 5.96 Å². The Morgan fingerprint density at radius 3 is 2.14 bits per heavy atom. The van der Waals surface area contributed by atoms with Crippen LogP contribution in [0.3, 0.4) is 0 Å². The number of carbonyl (C=O) groups excluding carboxylic acids is 5. The number of carbonyl (C=O) groups is 5. The van der Waals surface area contributed by atoms with Crippen molar-refractivity contribution in [1.29, 1.82) is 0 Å². The third-order valence-corrected chi connectivity index (χ3v) is 8.43. The summed E-state index contributed by atoms with van der Waals surface area (Å²) in [6, 6.07) is 13.4. The van der Waals surface area contributed by atoms with Gasteiger partial charge in [0, 0.05) is 44.6 Å². The van der Waals surface area contributed by atoms with Gasteiger partial charge < -0.3 is 43.5 Å². The number of aliphatic imine (C=N–C) groups is 1. The normalized spacial score (nSPS) is 16.9. The second-order valence-electron chi connectivity index (χ2n) is 12.2. The van der Waals surface area contributed by atoms with Crippen molar-refractivity contribution in [1.82, 2.24) is 31.2 Å². The molecule has 1 aromatic heterocycles. The number of hydrogen-bond acceptors (Lipinski definition) is 7. The maximum Gasteiger partial charge on any atom is 0.243 e. The first kappa shape index (κ1) is 36.1. The van der Waals surface area contributed by atoms with Gasteiger partial charge in [0.1, 0.15) is 23.7 Å². The van der Waals surface area contributed by atoms with Crippen molar-refractivity contribution < 1.29 is 24.0 Å². The summed E-state index contributed by atoms with van der Waals surface area (Å²) in [5.41, 5.74) is 18.8. The summed E-state index contributed by atoms with van der Waals surface area (Å²) in [5.74, 6) is -3.11. The van der Waals surface area contributed by atoms with Crippen LogP contribution in [0.15, 0.2) is 72.1 Å². The number of nitrogens with zero attached hydrogens (tertiary/aromatic N) is 2. The molecular weight excluding hydrogens is 628 g/mol. The van der Waals surface area contributed by atoms with Crippen LogP contribution in [-0.2, 0) is 49.7 Å². The van der Waals surface area contributed by atoms with E-state index in [-0.39, 0.29) is 44.6 Å². The zero-order valence-corrected chi connectivity index (χ0v) is 27.4. The number of fused-ring (bicyclic) bond motifs is 1. The van der Waals surface area contributed by atoms with Crippen LogP contribution in [0.2, 0.25) is 0 Å². The van der Waals surface area contributed by atoms with Crippen LogP contribution in [-0.4, -0.2) is 75.7 Å². The number of aromatic nitrogens is 2. The molecule has 260 valence electrons. The Morgan fingerprint density at radius 2 is 1.51 bits per heavy atom. The minimum Gasteiger partial charge on any atom is -0.370 e. The molecule has 1 aliphatic carbocycles. The van der Waals surface area contributed by atoms with Crippen LogP contribution >= 0.6 is 0 Å². The summed E-state index contributed by atoms with van der Waals surface area (Å²) < 4.78 is 0. The number of nitrogens with one attached hydrogen (secondary N) is 5. The van der Waals surface area contributed by atoms with Gasteiger partial charge in [-0.15, -0.1) is 0 Å². The largest absolute Gasteiger partial charge is 0.370 e. The number of aryl methyl sites for hydroxylation is 1. The lowest BCUT2D eigenvalue weighted by atomic mass is 9.77. The van der Waals surface area contributed by atoms with Gasteiger partial charge in [-0.1, -0.05) is 54.6 Å². The van der Waals surface area contributed by atoms with Gasteiger partial charge in [0.2, 0.25) is 29.5 Å². The fraction of sp³-hybridized carbons (Fsp3) is 0.382. The van der Waals surface area contributed by atoms with E-state index in [1.54, 1.807) is 24.3 Å². The SMILES string of the molecule is CC(=O)N[C@@H](Cc1cnc[nH]1)C(=O)N[C@H](Cc1ccccc1)C(=O)N[C@@H](CCCN=C(N)N)C(=O)N[C@@]1(C(N)=O)CCc2ccccc2C1. The lowest BCUT2D eigenvalue weighted by molar-refractivity contribution is -0.136. The number of nitrogens with two attached hydrogens (primary N) is 3. The Labute approximate surface area is 284 Å².